The molecule has 0 saturated heterocycles. The van der Waals surface area contributed by atoms with Gasteiger partial charge in [0, 0.05) is 0 Å². The Kier molecular flexibility index (Phi) is 5.29. The zero-order valence-corrected chi connectivity index (χ0v) is 9.20. The molecule has 0 aromatic heterocycles. The fraction of sp³-hybridized carbons (Fsp3) is 0.857. The van der Waals surface area contributed by atoms with Gasteiger partial charge < -0.3 is 20.8 Å². The minimum Gasteiger partial charge on any atom is -0.341 e. The van der Waals surface area contributed by atoms with Gasteiger partial charge >= 0.3 is 7.60 Å². The smallest absolute Gasteiger partial charge is 0.341 e. The van der Waals surface area contributed by atoms with Gasteiger partial charge in [-0.05, 0) is 13.3 Å². The van der Waals surface area contributed by atoms with E-state index < -0.39 is 25.3 Å². The fourth-order valence-electron chi connectivity index (χ4n) is 0.839. The molecule has 0 rings (SSSR count). The van der Waals surface area contributed by atoms with Gasteiger partial charge in [-0.2, -0.15) is 0 Å². The Morgan fingerprint density at radius 2 is 2.07 bits per heavy atom. The monoisotopic (exact) mass is 224 g/mol. The van der Waals surface area contributed by atoms with Crippen LogP contribution >= 0.6 is 7.60 Å². The summed E-state index contributed by atoms with van der Waals surface area (Å²) in [7, 11) is -4.26. The van der Waals surface area contributed by atoms with Gasteiger partial charge in [-0.25, -0.2) is 0 Å². The summed E-state index contributed by atoms with van der Waals surface area (Å²) in [6.45, 7) is 3.12. The number of carbonyl (C=O) groups is 1. The largest absolute Gasteiger partial charge is 0.347 e. The van der Waals surface area contributed by atoms with Crippen LogP contribution < -0.4 is 11.1 Å². The van der Waals surface area contributed by atoms with E-state index in [0.29, 0.717) is 6.42 Å². The van der Waals surface area contributed by atoms with Crippen LogP contribution in [-0.2, 0) is 9.36 Å². The fourth-order valence-corrected chi connectivity index (χ4v) is 1.13. The summed E-state index contributed by atoms with van der Waals surface area (Å²) in [5, 5.41) is 2.18. The molecule has 0 fully saturated rings. The van der Waals surface area contributed by atoms with E-state index in [4.69, 9.17) is 15.5 Å². The van der Waals surface area contributed by atoms with Crippen LogP contribution in [0.25, 0.3) is 0 Å². The molecule has 1 unspecified atom stereocenters. The quantitative estimate of drug-likeness (QED) is 0.481. The van der Waals surface area contributed by atoms with E-state index in [9.17, 15) is 9.36 Å². The minimum absolute atomic E-state index is 0.500. The predicted molar refractivity (Wildman–Crippen MR) is 52.5 cm³/mol. The number of hydrogen-bond acceptors (Lipinski definition) is 3. The van der Waals surface area contributed by atoms with Crippen LogP contribution in [0.5, 0.6) is 0 Å². The van der Waals surface area contributed by atoms with Crippen molar-refractivity contribution in [1.82, 2.24) is 5.32 Å². The molecule has 0 aliphatic heterocycles. The van der Waals surface area contributed by atoms with Gasteiger partial charge in [0.1, 0.15) is 5.78 Å². The van der Waals surface area contributed by atoms with Crippen molar-refractivity contribution in [2.75, 3.05) is 0 Å². The molecule has 0 bridgehead atoms. The molecule has 7 heteroatoms. The number of amides is 1. The van der Waals surface area contributed by atoms with E-state index in [0.717, 1.165) is 6.42 Å². The van der Waals surface area contributed by atoms with Crippen LogP contribution in [0.4, 0.5) is 0 Å². The first-order valence-corrected chi connectivity index (χ1v) is 6.08. The highest BCUT2D eigenvalue weighted by atomic mass is 31.2. The molecule has 2 atom stereocenters. The second-order valence-corrected chi connectivity index (χ2v) is 5.12. The SMILES string of the molecule is CCC[C@H](N)C(=O)NC(C)P(=O)(O)O. The van der Waals surface area contributed by atoms with Crippen LogP contribution in [0.3, 0.4) is 0 Å². The lowest BCUT2D eigenvalue weighted by molar-refractivity contribution is -0.122. The Hall–Kier alpha value is -0.420. The molecular formula is C7H17N2O4P. The van der Waals surface area contributed by atoms with Gasteiger partial charge in [0.15, 0.2) is 0 Å². The van der Waals surface area contributed by atoms with Crippen LogP contribution in [0.15, 0.2) is 0 Å². The summed E-state index contributed by atoms with van der Waals surface area (Å²) in [4.78, 5) is 28.6. The molecular weight excluding hydrogens is 207 g/mol. The molecule has 0 spiro atoms. The Labute approximate surface area is 83.0 Å². The molecule has 84 valence electrons. The standard InChI is InChI=1S/C7H17N2O4P/c1-3-4-6(8)7(10)9-5(2)14(11,12)13/h5-6H,3-4,8H2,1-2H3,(H,9,10)(H2,11,12,13)/t5?,6-/m0/s1. The number of carbonyl (C=O) groups excluding carboxylic acids is 1. The average Bonchev–Trinajstić information content (AvgIpc) is 2.02. The summed E-state index contributed by atoms with van der Waals surface area (Å²) in [6.07, 6.45) is 1.25. The van der Waals surface area contributed by atoms with Gasteiger partial charge in [0.2, 0.25) is 5.91 Å². The summed E-state index contributed by atoms with van der Waals surface area (Å²) in [6, 6.07) is -0.700. The highest BCUT2D eigenvalue weighted by Gasteiger charge is 2.26. The number of hydrogen-bond donors (Lipinski definition) is 4. The van der Waals surface area contributed by atoms with Gasteiger partial charge in [-0.3, -0.25) is 9.36 Å². The molecule has 0 aliphatic rings. The van der Waals surface area contributed by atoms with Crippen LogP contribution in [-0.4, -0.2) is 27.5 Å². The van der Waals surface area contributed by atoms with Gasteiger partial charge in [-0.1, -0.05) is 13.3 Å². The van der Waals surface area contributed by atoms with E-state index in [1.807, 2.05) is 6.92 Å². The topological polar surface area (TPSA) is 113 Å². The second-order valence-electron chi connectivity index (χ2n) is 3.17. The third kappa shape index (κ3) is 4.72. The molecule has 0 heterocycles. The molecule has 1 amide bonds. The van der Waals surface area contributed by atoms with E-state index in [2.05, 4.69) is 5.32 Å². The maximum absolute atomic E-state index is 11.2. The van der Waals surface area contributed by atoms with Gasteiger partial charge in [-0.15, -0.1) is 0 Å². The van der Waals surface area contributed by atoms with Crippen LogP contribution in [0, 0.1) is 0 Å². The first-order chi connectivity index (χ1) is 6.29. The van der Waals surface area contributed by atoms with Crippen molar-refractivity contribution in [2.24, 2.45) is 5.73 Å². The molecule has 0 aliphatic carbocycles. The zero-order chi connectivity index (χ0) is 11.4. The summed E-state index contributed by atoms with van der Waals surface area (Å²) in [5.41, 5.74) is 5.45. The molecule has 0 aromatic carbocycles. The Bertz CT molecular complexity index is 240. The maximum Gasteiger partial charge on any atom is 0.347 e. The van der Waals surface area contributed by atoms with Gasteiger partial charge in [0.25, 0.3) is 0 Å². The molecule has 0 saturated carbocycles. The molecule has 0 radical (unpaired) electrons. The van der Waals surface area contributed by atoms with E-state index in [1.165, 1.54) is 6.92 Å². The van der Waals surface area contributed by atoms with Crippen molar-refractivity contribution in [3.63, 3.8) is 0 Å². The summed E-state index contributed by atoms with van der Waals surface area (Å²) < 4.78 is 10.7. The lowest BCUT2D eigenvalue weighted by atomic mass is 10.2. The van der Waals surface area contributed by atoms with Crippen molar-refractivity contribution in [3.05, 3.63) is 0 Å². The lowest BCUT2D eigenvalue weighted by Crippen LogP contribution is -2.44. The van der Waals surface area contributed by atoms with E-state index >= 15 is 0 Å². The van der Waals surface area contributed by atoms with Crippen molar-refractivity contribution in [2.45, 2.75) is 38.5 Å². The third-order valence-electron chi connectivity index (χ3n) is 1.79. The van der Waals surface area contributed by atoms with Crippen molar-refractivity contribution in [3.8, 4) is 0 Å². The highest BCUT2D eigenvalue weighted by molar-refractivity contribution is 7.52. The third-order valence-corrected chi connectivity index (χ3v) is 2.93. The van der Waals surface area contributed by atoms with Crippen LogP contribution in [0.1, 0.15) is 26.7 Å². The number of nitrogens with two attached hydrogens (primary N) is 1. The maximum atomic E-state index is 11.2. The number of rotatable bonds is 5. The first-order valence-electron chi connectivity index (χ1n) is 4.40. The average molecular weight is 224 g/mol. The normalized spacial score (nSPS) is 16.1. The lowest BCUT2D eigenvalue weighted by Gasteiger charge is -2.17. The van der Waals surface area contributed by atoms with E-state index in [-0.39, 0.29) is 0 Å². The number of nitrogens with one attached hydrogen (secondary N) is 1. The Morgan fingerprint density at radius 3 is 2.43 bits per heavy atom. The van der Waals surface area contributed by atoms with Crippen molar-refractivity contribution in [1.29, 1.82) is 0 Å². The Balaban J connectivity index is 4.13. The molecule has 0 aromatic rings. The summed E-state index contributed by atoms with van der Waals surface area (Å²) >= 11 is 0. The van der Waals surface area contributed by atoms with Crippen molar-refractivity contribution < 1.29 is 19.1 Å². The highest BCUT2D eigenvalue weighted by Crippen LogP contribution is 2.39. The molecule has 6 nitrogen and oxygen atoms in total. The molecule has 14 heavy (non-hydrogen) atoms. The molecule has 5 N–H and O–H groups in total. The van der Waals surface area contributed by atoms with Gasteiger partial charge in [0.05, 0.1) is 6.04 Å². The van der Waals surface area contributed by atoms with E-state index in [1.54, 1.807) is 0 Å². The zero-order valence-electron chi connectivity index (χ0n) is 8.30. The minimum atomic E-state index is -4.26. The van der Waals surface area contributed by atoms with Crippen LogP contribution in [0.2, 0.25) is 0 Å². The van der Waals surface area contributed by atoms with Crippen molar-refractivity contribution >= 4 is 13.5 Å². The predicted octanol–water partition coefficient (Wildman–Crippen LogP) is -0.246. The summed E-state index contributed by atoms with van der Waals surface area (Å²) in [5.74, 6) is -1.71. The first kappa shape index (κ1) is 13.6. The second kappa shape index (κ2) is 5.46. The Morgan fingerprint density at radius 1 is 1.57 bits per heavy atom.